The van der Waals surface area contributed by atoms with Crippen LogP contribution in [-0.2, 0) is 6.54 Å². The summed E-state index contributed by atoms with van der Waals surface area (Å²) in [6.07, 6.45) is 1.45. The lowest BCUT2D eigenvalue weighted by Gasteiger charge is -2.26. The lowest BCUT2D eigenvalue weighted by Crippen LogP contribution is -2.25. The Hall–Kier alpha value is -2.87. The highest BCUT2D eigenvalue weighted by molar-refractivity contribution is 5.44. The Morgan fingerprint density at radius 1 is 1.28 bits per heavy atom. The van der Waals surface area contributed by atoms with Crippen LogP contribution in [0.2, 0.25) is 0 Å². The Balaban J connectivity index is 1.55. The van der Waals surface area contributed by atoms with E-state index in [1.807, 2.05) is 25.2 Å². The third-order valence-electron chi connectivity index (χ3n) is 4.44. The fourth-order valence-electron chi connectivity index (χ4n) is 2.92. The average molecular weight is 341 g/mol. The standard InChI is InChI=1S/C17H19N5O3/c1-11(12-3-4-14-15(7-12)25-6-5-24-14)21(2)9-13-8-16(23)22-17(20-13)18-10-19-22/h3-4,7-8,10-11H,5-6,9H2,1-2H3,(H,18,19,20)/t11-/m1/s1. The van der Waals surface area contributed by atoms with Gasteiger partial charge in [-0.1, -0.05) is 6.07 Å². The molecule has 1 aromatic carbocycles. The van der Waals surface area contributed by atoms with Gasteiger partial charge in [-0.3, -0.25) is 14.8 Å². The molecule has 0 amide bonds. The summed E-state index contributed by atoms with van der Waals surface area (Å²) in [5.74, 6) is 1.93. The zero-order valence-electron chi connectivity index (χ0n) is 14.1. The number of hydrogen-bond donors (Lipinski definition) is 1. The van der Waals surface area contributed by atoms with Gasteiger partial charge in [-0.15, -0.1) is 0 Å². The Bertz CT molecular complexity index is 964. The van der Waals surface area contributed by atoms with Crippen molar-refractivity contribution >= 4 is 5.78 Å². The predicted molar refractivity (Wildman–Crippen MR) is 90.9 cm³/mol. The molecular formula is C17H19N5O3. The second kappa shape index (κ2) is 6.21. The van der Waals surface area contributed by atoms with Gasteiger partial charge in [0.05, 0.1) is 5.69 Å². The molecule has 3 aromatic rings. The Kier molecular flexibility index (Phi) is 3.89. The molecule has 4 rings (SSSR count). The van der Waals surface area contributed by atoms with E-state index >= 15 is 0 Å². The van der Waals surface area contributed by atoms with Crippen molar-refractivity contribution in [3.8, 4) is 11.5 Å². The zero-order valence-corrected chi connectivity index (χ0v) is 14.1. The smallest absolute Gasteiger partial charge is 0.274 e. The molecule has 0 aliphatic carbocycles. The molecule has 0 spiro atoms. The van der Waals surface area contributed by atoms with Crippen molar-refractivity contribution in [2.24, 2.45) is 0 Å². The number of H-pyrrole nitrogens is 1. The monoisotopic (exact) mass is 341 g/mol. The summed E-state index contributed by atoms with van der Waals surface area (Å²) in [5, 5.41) is 2.74. The summed E-state index contributed by atoms with van der Waals surface area (Å²) < 4.78 is 12.5. The quantitative estimate of drug-likeness (QED) is 0.772. The molecule has 25 heavy (non-hydrogen) atoms. The summed E-state index contributed by atoms with van der Waals surface area (Å²) in [4.78, 5) is 22.6. The lowest BCUT2D eigenvalue weighted by molar-refractivity contribution is 0.170. The van der Waals surface area contributed by atoms with Gasteiger partial charge in [0, 0.05) is 18.7 Å². The minimum Gasteiger partial charge on any atom is -0.486 e. The number of aromatic nitrogens is 4. The Morgan fingerprint density at radius 2 is 2.08 bits per heavy atom. The zero-order chi connectivity index (χ0) is 17.4. The van der Waals surface area contributed by atoms with Gasteiger partial charge in [-0.05, 0) is 31.7 Å². The molecule has 8 nitrogen and oxygen atoms in total. The van der Waals surface area contributed by atoms with Crippen molar-refractivity contribution in [3.63, 3.8) is 0 Å². The SMILES string of the molecule is C[C@H](c1ccc2c(c1)OCCO2)N(C)Cc1cc(=O)n2[nH]cnc2n1. The molecule has 0 radical (unpaired) electrons. The molecule has 3 heterocycles. The van der Waals surface area contributed by atoms with Crippen LogP contribution in [0, 0.1) is 0 Å². The molecule has 130 valence electrons. The normalized spacial score (nSPS) is 14.8. The molecule has 0 fully saturated rings. The van der Waals surface area contributed by atoms with Crippen molar-refractivity contribution in [1.82, 2.24) is 24.5 Å². The van der Waals surface area contributed by atoms with Crippen molar-refractivity contribution in [3.05, 3.63) is 52.2 Å². The first-order valence-corrected chi connectivity index (χ1v) is 8.13. The van der Waals surface area contributed by atoms with Gasteiger partial charge < -0.3 is 9.47 Å². The number of rotatable bonds is 4. The fraction of sp³-hybridized carbons (Fsp3) is 0.353. The Labute approximate surface area is 144 Å². The van der Waals surface area contributed by atoms with Crippen LogP contribution in [-0.4, -0.2) is 44.7 Å². The van der Waals surface area contributed by atoms with Gasteiger partial charge in [0.2, 0.25) is 0 Å². The summed E-state index contributed by atoms with van der Waals surface area (Å²) in [6, 6.07) is 7.63. The average Bonchev–Trinajstić information content (AvgIpc) is 3.09. The largest absolute Gasteiger partial charge is 0.486 e. The van der Waals surface area contributed by atoms with Crippen LogP contribution in [0.15, 0.2) is 35.4 Å². The molecule has 1 N–H and O–H groups in total. The van der Waals surface area contributed by atoms with Crippen LogP contribution in [0.5, 0.6) is 11.5 Å². The van der Waals surface area contributed by atoms with Crippen LogP contribution in [0.1, 0.15) is 24.2 Å². The van der Waals surface area contributed by atoms with Gasteiger partial charge in [-0.25, -0.2) is 9.97 Å². The molecule has 0 unspecified atom stereocenters. The van der Waals surface area contributed by atoms with E-state index in [4.69, 9.17) is 9.47 Å². The van der Waals surface area contributed by atoms with E-state index in [-0.39, 0.29) is 11.6 Å². The Morgan fingerprint density at radius 3 is 2.92 bits per heavy atom. The van der Waals surface area contributed by atoms with E-state index in [0.29, 0.717) is 31.2 Å². The third-order valence-corrected chi connectivity index (χ3v) is 4.44. The first-order chi connectivity index (χ1) is 12.1. The lowest BCUT2D eigenvalue weighted by atomic mass is 10.1. The fourth-order valence-corrected chi connectivity index (χ4v) is 2.92. The minimum atomic E-state index is -0.169. The van der Waals surface area contributed by atoms with Crippen LogP contribution in [0.25, 0.3) is 5.78 Å². The number of aromatic amines is 1. The molecule has 0 saturated heterocycles. The van der Waals surface area contributed by atoms with E-state index in [1.54, 1.807) is 0 Å². The number of nitrogens with zero attached hydrogens (tertiary/aromatic N) is 4. The van der Waals surface area contributed by atoms with Gasteiger partial charge in [0.15, 0.2) is 11.5 Å². The van der Waals surface area contributed by atoms with E-state index in [9.17, 15) is 4.79 Å². The van der Waals surface area contributed by atoms with Crippen molar-refractivity contribution in [2.75, 3.05) is 20.3 Å². The maximum atomic E-state index is 12.0. The van der Waals surface area contributed by atoms with E-state index in [0.717, 1.165) is 17.1 Å². The van der Waals surface area contributed by atoms with Gasteiger partial charge in [-0.2, -0.15) is 4.52 Å². The summed E-state index contributed by atoms with van der Waals surface area (Å²) >= 11 is 0. The van der Waals surface area contributed by atoms with Crippen LogP contribution in [0.3, 0.4) is 0 Å². The van der Waals surface area contributed by atoms with Crippen molar-refractivity contribution < 1.29 is 9.47 Å². The van der Waals surface area contributed by atoms with Crippen molar-refractivity contribution in [1.29, 1.82) is 0 Å². The second-order valence-corrected chi connectivity index (χ2v) is 6.10. The van der Waals surface area contributed by atoms with Gasteiger partial charge in [0.1, 0.15) is 19.5 Å². The predicted octanol–water partition coefficient (Wildman–Crippen LogP) is 1.38. The van der Waals surface area contributed by atoms with E-state index in [1.165, 1.54) is 16.9 Å². The van der Waals surface area contributed by atoms with Crippen molar-refractivity contribution in [2.45, 2.75) is 19.5 Å². The molecule has 8 heteroatoms. The van der Waals surface area contributed by atoms with Gasteiger partial charge in [0.25, 0.3) is 11.3 Å². The molecule has 1 aliphatic rings. The summed E-state index contributed by atoms with van der Waals surface area (Å²) in [7, 11) is 2.00. The highest BCUT2D eigenvalue weighted by Crippen LogP contribution is 2.33. The van der Waals surface area contributed by atoms with E-state index in [2.05, 4.69) is 26.9 Å². The van der Waals surface area contributed by atoms with Crippen LogP contribution >= 0.6 is 0 Å². The molecule has 0 saturated carbocycles. The first-order valence-electron chi connectivity index (χ1n) is 8.13. The number of fused-ring (bicyclic) bond motifs is 2. The first kappa shape index (κ1) is 15.6. The highest BCUT2D eigenvalue weighted by atomic mass is 16.6. The number of nitrogens with one attached hydrogen (secondary N) is 1. The minimum absolute atomic E-state index is 0.121. The van der Waals surface area contributed by atoms with Crippen LogP contribution < -0.4 is 15.0 Å². The molecule has 0 bridgehead atoms. The summed E-state index contributed by atoms with van der Waals surface area (Å²) in [6.45, 7) is 3.79. The summed E-state index contributed by atoms with van der Waals surface area (Å²) in [5.41, 5.74) is 1.63. The highest BCUT2D eigenvalue weighted by Gasteiger charge is 2.18. The van der Waals surface area contributed by atoms with E-state index < -0.39 is 0 Å². The number of benzene rings is 1. The third kappa shape index (κ3) is 2.96. The van der Waals surface area contributed by atoms with Crippen LogP contribution in [0.4, 0.5) is 0 Å². The number of ether oxygens (including phenoxy) is 2. The molecule has 2 aromatic heterocycles. The molecule has 1 atom stereocenters. The maximum Gasteiger partial charge on any atom is 0.274 e. The maximum absolute atomic E-state index is 12.0. The van der Waals surface area contributed by atoms with Gasteiger partial charge >= 0.3 is 0 Å². The molecular weight excluding hydrogens is 322 g/mol. The molecule has 1 aliphatic heterocycles. The second-order valence-electron chi connectivity index (χ2n) is 6.10. The topological polar surface area (TPSA) is 84.8 Å². The number of hydrogen-bond acceptors (Lipinski definition) is 6.